The van der Waals surface area contributed by atoms with Gasteiger partial charge in [-0.15, -0.1) is 0 Å². The highest BCUT2D eigenvalue weighted by Gasteiger charge is 2.43. The molecule has 2 heterocycles. The lowest BCUT2D eigenvalue weighted by atomic mass is 9.74. The maximum absolute atomic E-state index is 13.4. The molecule has 8 nitrogen and oxygen atoms in total. The first-order valence-electron chi connectivity index (χ1n) is 10.9. The summed E-state index contributed by atoms with van der Waals surface area (Å²) in [5.74, 6) is 0.201. The number of likely N-dealkylation sites (tertiary alicyclic amines) is 1. The molecule has 0 aromatic carbocycles. The van der Waals surface area contributed by atoms with Gasteiger partial charge in [-0.2, -0.15) is 5.10 Å². The SMILES string of the molecule is CCCN1C[C@H](C(=O)N(CCCOC)C(=O)NCC)C[C@@H]2Cc3[nH]ncc3C[C@H]21. The minimum atomic E-state index is -0.294. The van der Waals surface area contributed by atoms with Crippen molar-refractivity contribution in [3.8, 4) is 0 Å². The Morgan fingerprint density at radius 2 is 2.21 bits per heavy atom. The van der Waals surface area contributed by atoms with E-state index in [1.165, 1.54) is 16.2 Å². The number of rotatable bonds is 8. The first-order chi connectivity index (χ1) is 14.1. The Bertz CT molecular complexity index is 692. The molecule has 0 bridgehead atoms. The number of H-pyrrole nitrogens is 1. The monoisotopic (exact) mass is 405 g/mol. The molecule has 3 amide bonds. The van der Waals surface area contributed by atoms with Gasteiger partial charge < -0.3 is 10.1 Å². The number of aromatic nitrogens is 2. The van der Waals surface area contributed by atoms with Crippen molar-refractivity contribution in [1.29, 1.82) is 0 Å². The summed E-state index contributed by atoms with van der Waals surface area (Å²) in [6.07, 6.45) is 6.38. The van der Waals surface area contributed by atoms with Crippen molar-refractivity contribution < 1.29 is 14.3 Å². The number of hydrogen-bond donors (Lipinski definition) is 2. The molecule has 2 N–H and O–H groups in total. The van der Waals surface area contributed by atoms with Gasteiger partial charge in [0, 0.05) is 45.1 Å². The fourth-order valence-corrected chi connectivity index (χ4v) is 4.88. The molecule has 162 valence electrons. The topological polar surface area (TPSA) is 90.6 Å². The second-order valence-corrected chi connectivity index (χ2v) is 8.21. The van der Waals surface area contributed by atoms with Crippen LogP contribution in [0.2, 0.25) is 0 Å². The zero-order valence-electron chi connectivity index (χ0n) is 17.9. The molecule has 0 saturated carbocycles. The second-order valence-electron chi connectivity index (χ2n) is 8.21. The van der Waals surface area contributed by atoms with E-state index in [9.17, 15) is 9.59 Å². The third-order valence-corrected chi connectivity index (χ3v) is 6.19. The smallest absolute Gasteiger partial charge is 0.324 e. The minimum absolute atomic E-state index is 0.0537. The van der Waals surface area contributed by atoms with Gasteiger partial charge in [0.25, 0.3) is 0 Å². The standard InChI is InChI=1S/C21H35N5O3/c1-4-7-25-14-17(10-15-11-18-16(12-19(15)25)13-23-24-18)20(27)26(8-6-9-29-3)21(28)22-5-2/h13,15,17,19H,4-12,14H2,1-3H3,(H,22,28)(H,23,24)/t15-,17-,19-/m1/s1. The number of urea groups is 1. The minimum Gasteiger partial charge on any atom is -0.385 e. The molecule has 1 aliphatic carbocycles. The molecule has 0 radical (unpaired) electrons. The lowest BCUT2D eigenvalue weighted by Crippen LogP contribution is -2.56. The normalized spacial score (nSPS) is 23.9. The van der Waals surface area contributed by atoms with Crippen LogP contribution in [0.25, 0.3) is 0 Å². The van der Waals surface area contributed by atoms with E-state index in [0.717, 1.165) is 38.8 Å². The molecular formula is C21H35N5O3. The highest BCUT2D eigenvalue weighted by atomic mass is 16.5. The van der Waals surface area contributed by atoms with Crippen LogP contribution in [0.4, 0.5) is 4.79 Å². The molecular weight excluding hydrogens is 370 g/mol. The van der Waals surface area contributed by atoms with Crippen molar-refractivity contribution in [2.75, 3.05) is 39.9 Å². The number of nitrogens with one attached hydrogen (secondary N) is 2. The number of hydrogen-bond acceptors (Lipinski definition) is 5. The summed E-state index contributed by atoms with van der Waals surface area (Å²) in [5.41, 5.74) is 2.51. The molecule has 3 rings (SSSR count). The Balaban J connectivity index is 1.75. The van der Waals surface area contributed by atoms with Crippen molar-refractivity contribution in [2.45, 2.75) is 52.0 Å². The van der Waals surface area contributed by atoms with Crippen LogP contribution in [0.3, 0.4) is 0 Å². The molecule has 0 spiro atoms. The van der Waals surface area contributed by atoms with Gasteiger partial charge >= 0.3 is 6.03 Å². The van der Waals surface area contributed by atoms with Gasteiger partial charge in [0.1, 0.15) is 0 Å². The first kappa shape index (κ1) is 21.8. The maximum Gasteiger partial charge on any atom is 0.324 e. The van der Waals surface area contributed by atoms with E-state index in [2.05, 4.69) is 27.3 Å². The average molecular weight is 406 g/mol. The lowest BCUT2D eigenvalue weighted by Gasteiger charge is -2.47. The van der Waals surface area contributed by atoms with E-state index >= 15 is 0 Å². The molecule has 2 aliphatic rings. The van der Waals surface area contributed by atoms with Crippen LogP contribution >= 0.6 is 0 Å². The number of piperidine rings is 1. The van der Waals surface area contributed by atoms with E-state index in [-0.39, 0.29) is 17.9 Å². The van der Waals surface area contributed by atoms with Gasteiger partial charge in [0.2, 0.25) is 5.91 Å². The van der Waals surface area contributed by atoms with Crippen molar-refractivity contribution in [3.63, 3.8) is 0 Å². The van der Waals surface area contributed by atoms with Crippen LogP contribution in [0.5, 0.6) is 0 Å². The van der Waals surface area contributed by atoms with Gasteiger partial charge in [0.15, 0.2) is 0 Å². The van der Waals surface area contributed by atoms with Gasteiger partial charge in [-0.25, -0.2) is 4.79 Å². The summed E-state index contributed by atoms with van der Waals surface area (Å²) in [6, 6.07) is 0.160. The number of aromatic amines is 1. The van der Waals surface area contributed by atoms with Crippen molar-refractivity contribution in [3.05, 3.63) is 17.5 Å². The molecule has 0 unspecified atom stereocenters. The highest BCUT2D eigenvalue weighted by molar-refractivity contribution is 5.95. The number of carbonyl (C=O) groups is 2. The Labute approximate surface area is 173 Å². The molecule has 1 aromatic rings. The van der Waals surface area contributed by atoms with Crippen molar-refractivity contribution in [2.24, 2.45) is 11.8 Å². The van der Waals surface area contributed by atoms with Crippen LogP contribution in [-0.4, -0.2) is 77.9 Å². The zero-order valence-corrected chi connectivity index (χ0v) is 17.9. The molecule has 1 fully saturated rings. The Morgan fingerprint density at radius 3 is 2.93 bits per heavy atom. The van der Waals surface area contributed by atoms with E-state index in [4.69, 9.17) is 4.74 Å². The van der Waals surface area contributed by atoms with E-state index in [0.29, 0.717) is 38.1 Å². The largest absolute Gasteiger partial charge is 0.385 e. The number of methoxy groups -OCH3 is 1. The summed E-state index contributed by atoms with van der Waals surface area (Å²) in [6.45, 7) is 7.17. The summed E-state index contributed by atoms with van der Waals surface area (Å²) in [4.78, 5) is 29.8. The average Bonchev–Trinajstić information content (AvgIpc) is 3.17. The summed E-state index contributed by atoms with van der Waals surface area (Å²) in [5, 5.41) is 10.1. The fourth-order valence-electron chi connectivity index (χ4n) is 4.88. The predicted octanol–water partition coefficient (Wildman–Crippen LogP) is 1.82. The highest BCUT2D eigenvalue weighted by Crippen LogP contribution is 2.37. The van der Waals surface area contributed by atoms with Crippen LogP contribution < -0.4 is 5.32 Å². The van der Waals surface area contributed by atoms with Gasteiger partial charge in [0.05, 0.1) is 12.1 Å². The maximum atomic E-state index is 13.4. The number of carbonyl (C=O) groups excluding carboxylic acids is 2. The van der Waals surface area contributed by atoms with Crippen LogP contribution in [0.1, 0.15) is 44.4 Å². The Hall–Kier alpha value is -1.93. The third kappa shape index (κ3) is 4.98. The van der Waals surface area contributed by atoms with Gasteiger partial charge in [-0.05, 0) is 57.1 Å². The molecule has 1 aromatic heterocycles. The van der Waals surface area contributed by atoms with E-state index < -0.39 is 0 Å². The van der Waals surface area contributed by atoms with Crippen LogP contribution in [0, 0.1) is 11.8 Å². The zero-order chi connectivity index (χ0) is 20.8. The second kappa shape index (κ2) is 10.2. The quantitative estimate of drug-likeness (QED) is 0.644. The fraction of sp³-hybridized carbons (Fsp3) is 0.762. The number of fused-ring (bicyclic) bond motifs is 2. The van der Waals surface area contributed by atoms with Crippen molar-refractivity contribution >= 4 is 11.9 Å². The van der Waals surface area contributed by atoms with Crippen LogP contribution in [-0.2, 0) is 22.4 Å². The summed E-state index contributed by atoms with van der Waals surface area (Å²) in [7, 11) is 1.63. The summed E-state index contributed by atoms with van der Waals surface area (Å²) >= 11 is 0. The van der Waals surface area contributed by atoms with E-state index in [1.54, 1.807) is 7.11 Å². The van der Waals surface area contributed by atoms with Crippen LogP contribution in [0.15, 0.2) is 6.20 Å². The number of ether oxygens (including phenoxy) is 1. The van der Waals surface area contributed by atoms with Gasteiger partial charge in [-0.3, -0.25) is 19.7 Å². The van der Waals surface area contributed by atoms with E-state index in [1.807, 2.05) is 13.1 Å². The van der Waals surface area contributed by atoms with Gasteiger partial charge in [-0.1, -0.05) is 6.92 Å². The van der Waals surface area contributed by atoms with Crippen molar-refractivity contribution in [1.82, 2.24) is 25.3 Å². The Kier molecular flexibility index (Phi) is 7.66. The first-order valence-corrected chi connectivity index (χ1v) is 10.9. The molecule has 3 atom stereocenters. The number of amides is 3. The summed E-state index contributed by atoms with van der Waals surface area (Å²) < 4.78 is 5.12. The molecule has 1 saturated heterocycles. The Morgan fingerprint density at radius 1 is 1.38 bits per heavy atom. The third-order valence-electron chi connectivity index (χ3n) is 6.19. The molecule has 1 aliphatic heterocycles. The molecule has 8 heteroatoms. The molecule has 29 heavy (non-hydrogen) atoms. The predicted molar refractivity (Wildman–Crippen MR) is 111 cm³/mol. The number of imide groups is 1. The lowest BCUT2D eigenvalue weighted by molar-refractivity contribution is -0.136. The number of nitrogens with zero attached hydrogens (tertiary/aromatic N) is 3.